The van der Waals surface area contributed by atoms with E-state index in [9.17, 15) is 17.3 Å². The average molecular weight is 409 g/mol. The summed E-state index contributed by atoms with van der Waals surface area (Å²) in [5.74, 6) is 0. The van der Waals surface area contributed by atoms with Crippen LogP contribution in [0.25, 0.3) is 0 Å². The summed E-state index contributed by atoms with van der Waals surface area (Å²) >= 11 is 7.00. The van der Waals surface area contributed by atoms with Gasteiger partial charge in [0.25, 0.3) is 0 Å². The standard InChI is InChI=1S/C14H12NS4.BF4/c15-9-16-10-5-7-11(8-6-10)17-14-18-12-3-1-2-4-13(12)19-14;2-1(3,4)5/h5-8H,1-4H2;/q+1;-1. The number of thiocyanates is 1. The largest absolute Gasteiger partial charge is 0.673 e. The maximum absolute atomic E-state index is 9.75. The van der Waals surface area contributed by atoms with E-state index in [1.54, 1.807) is 9.75 Å². The third kappa shape index (κ3) is 7.01. The van der Waals surface area contributed by atoms with Crippen LogP contribution >= 0.6 is 46.2 Å². The van der Waals surface area contributed by atoms with Gasteiger partial charge in [-0.15, -0.1) is 0 Å². The molecule has 24 heavy (non-hydrogen) atoms. The Balaban J connectivity index is 0.000000368. The van der Waals surface area contributed by atoms with Crippen molar-refractivity contribution < 1.29 is 17.3 Å². The number of fused-ring (bicyclic) bond motifs is 1. The summed E-state index contributed by atoms with van der Waals surface area (Å²) in [7, 11) is -6.00. The molecule has 10 heteroatoms. The van der Waals surface area contributed by atoms with Crippen LogP contribution in [-0.4, -0.2) is 7.25 Å². The predicted octanol–water partition coefficient (Wildman–Crippen LogP) is 6.99. The predicted molar refractivity (Wildman–Crippen MR) is 95.5 cm³/mol. The lowest BCUT2D eigenvalue weighted by molar-refractivity contribution is 0.368. The summed E-state index contributed by atoms with van der Waals surface area (Å²) in [5, 5.41) is 10.7. The highest BCUT2D eigenvalue weighted by atomic mass is 32.2. The molecule has 0 saturated carbocycles. The van der Waals surface area contributed by atoms with E-state index in [1.165, 1.54) is 45.9 Å². The van der Waals surface area contributed by atoms with E-state index in [4.69, 9.17) is 5.26 Å². The molecule has 0 radical (unpaired) electrons. The van der Waals surface area contributed by atoms with Crippen molar-refractivity contribution in [3.63, 3.8) is 0 Å². The monoisotopic (exact) mass is 409 g/mol. The van der Waals surface area contributed by atoms with Gasteiger partial charge in [0.15, 0.2) is 0 Å². The number of halogens is 4. The second-order valence-electron chi connectivity index (χ2n) is 4.77. The van der Waals surface area contributed by atoms with E-state index < -0.39 is 7.25 Å². The maximum atomic E-state index is 9.75. The summed E-state index contributed by atoms with van der Waals surface area (Å²) < 4.78 is 40.4. The highest BCUT2D eigenvalue weighted by molar-refractivity contribution is 8.04. The summed E-state index contributed by atoms with van der Waals surface area (Å²) in [5.41, 5.74) is 0. The molecule has 0 amide bonds. The quantitative estimate of drug-likeness (QED) is 0.179. The van der Waals surface area contributed by atoms with Gasteiger partial charge in [-0.1, -0.05) is 0 Å². The number of nitriles is 1. The number of benzene rings is 1. The normalized spacial score (nSPS) is 13.5. The third-order valence-corrected chi connectivity index (χ3v) is 7.60. The molecule has 0 bridgehead atoms. The van der Waals surface area contributed by atoms with Crippen LogP contribution in [0.1, 0.15) is 22.6 Å². The van der Waals surface area contributed by atoms with Crippen LogP contribution in [0.2, 0.25) is 0 Å². The van der Waals surface area contributed by atoms with E-state index in [1.807, 2.05) is 46.6 Å². The molecule has 3 rings (SSSR count). The minimum Gasteiger partial charge on any atom is -0.418 e. The Bertz CT molecular complexity index is 680. The number of aryl methyl sites for hydroxylation is 2. The van der Waals surface area contributed by atoms with E-state index in [2.05, 4.69) is 17.5 Å². The second-order valence-corrected chi connectivity index (χ2v) is 9.70. The van der Waals surface area contributed by atoms with Crippen molar-refractivity contribution in [2.75, 3.05) is 0 Å². The number of nitrogens with zero attached hydrogens (tertiary/aromatic N) is 1. The molecule has 1 aromatic heterocycles. The van der Waals surface area contributed by atoms with Crippen molar-refractivity contribution >= 4 is 53.5 Å². The van der Waals surface area contributed by atoms with Crippen molar-refractivity contribution in [1.82, 2.24) is 0 Å². The first-order valence-corrected chi connectivity index (χ1v) is 10.3. The van der Waals surface area contributed by atoms with Gasteiger partial charge in [-0.25, -0.2) is 0 Å². The highest BCUT2D eigenvalue weighted by Crippen LogP contribution is 2.43. The Morgan fingerprint density at radius 3 is 2.21 bits per heavy atom. The van der Waals surface area contributed by atoms with Crippen LogP contribution < -0.4 is 0 Å². The van der Waals surface area contributed by atoms with Gasteiger partial charge in [0, 0.05) is 22.6 Å². The van der Waals surface area contributed by atoms with Gasteiger partial charge in [0.2, 0.25) is 0 Å². The molecular formula is C14H12BF4NS4. The Hall–Kier alpha value is -0.755. The third-order valence-electron chi connectivity index (χ3n) is 2.97. The highest BCUT2D eigenvalue weighted by Gasteiger charge is 2.25. The molecule has 0 fully saturated rings. The topological polar surface area (TPSA) is 23.8 Å². The lowest BCUT2D eigenvalue weighted by atomic mass is 10.1. The molecule has 1 aromatic carbocycles. The second kappa shape index (κ2) is 9.08. The Morgan fingerprint density at radius 2 is 1.62 bits per heavy atom. The fraction of sp³-hybridized carbons (Fsp3) is 0.286. The molecule has 1 aliphatic carbocycles. The first kappa shape index (κ1) is 19.6. The van der Waals surface area contributed by atoms with E-state index in [-0.39, 0.29) is 0 Å². The molecule has 128 valence electrons. The van der Waals surface area contributed by atoms with Gasteiger partial charge < -0.3 is 17.3 Å². The summed E-state index contributed by atoms with van der Waals surface area (Å²) in [4.78, 5) is 5.49. The minimum absolute atomic E-state index is 1.01. The molecule has 0 aliphatic heterocycles. The van der Waals surface area contributed by atoms with Crippen molar-refractivity contribution in [3.8, 4) is 5.40 Å². The van der Waals surface area contributed by atoms with Gasteiger partial charge in [-0.2, -0.15) is 5.26 Å². The number of hydrogen-bond donors (Lipinski definition) is 0. The zero-order chi connectivity index (χ0) is 17.6. The van der Waals surface area contributed by atoms with Crippen molar-refractivity contribution in [1.29, 1.82) is 5.26 Å². The smallest absolute Gasteiger partial charge is 0.418 e. The van der Waals surface area contributed by atoms with Crippen molar-refractivity contribution in [2.45, 2.75) is 39.0 Å². The first-order valence-electron chi connectivity index (χ1n) is 7.01. The van der Waals surface area contributed by atoms with Crippen LogP contribution in [0.5, 0.6) is 0 Å². The fourth-order valence-electron chi connectivity index (χ4n) is 2.05. The molecular weight excluding hydrogens is 397 g/mol. The van der Waals surface area contributed by atoms with Gasteiger partial charge in [-0.3, -0.25) is 0 Å². The fourth-order valence-corrected chi connectivity index (χ4v) is 6.76. The molecule has 2 aromatic rings. The summed E-state index contributed by atoms with van der Waals surface area (Å²) in [6, 6.07) is 8.26. The van der Waals surface area contributed by atoms with Crippen LogP contribution in [0, 0.1) is 10.7 Å². The lowest BCUT2D eigenvalue weighted by Crippen LogP contribution is -2.02. The van der Waals surface area contributed by atoms with Gasteiger partial charge in [0.05, 0.1) is 22.7 Å². The molecule has 0 N–H and O–H groups in total. The number of thioether (sulfide) groups is 1. The Labute approximate surface area is 154 Å². The number of hydrogen-bond acceptors (Lipinski definition) is 4. The Morgan fingerprint density at radius 1 is 1.04 bits per heavy atom. The van der Waals surface area contributed by atoms with Crippen molar-refractivity contribution in [3.05, 3.63) is 34.0 Å². The van der Waals surface area contributed by atoms with Gasteiger partial charge >= 0.3 is 10.8 Å². The molecule has 0 spiro atoms. The SMILES string of the molecule is F[B-](F)(F)F.N#CSc1ccc(Sc2sc3c([s+]2)CCCC3)cc1. The van der Waals surface area contributed by atoms with E-state index >= 15 is 0 Å². The maximum Gasteiger partial charge on any atom is 0.673 e. The average Bonchev–Trinajstić information content (AvgIpc) is 2.90. The van der Waals surface area contributed by atoms with Crippen LogP contribution in [0.3, 0.4) is 0 Å². The molecule has 0 atom stereocenters. The molecule has 1 nitrogen and oxygen atoms in total. The van der Waals surface area contributed by atoms with Gasteiger partial charge in [-0.05, 0) is 60.6 Å². The molecule has 0 saturated heterocycles. The summed E-state index contributed by atoms with van der Waals surface area (Å²) in [6.45, 7) is 0. The van der Waals surface area contributed by atoms with Crippen LogP contribution in [0.15, 0.2) is 37.6 Å². The van der Waals surface area contributed by atoms with Crippen LogP contribution in [0.4, 0.5) is 17.3 Å². The zero-order valence-electron chi connectivity index (χ0n) is 12.3. The molecule has 1 heterocycles. The van der Waals surface area contributed by atoms with Gasteiger partial charge in [0.1, 0.15) is 15.2 Å². The van der Waals surface area contributed by atoms with E-state index in [0.29, 0.717) is 0 Å². The van der Waals surface area contributed by atoms with Crippen LogP contribution in [-0.2, 0) is 12.8 Å². The number of rotatable bonds is 3. The first-order chi connectivity index (χ1) is 11.3. The zero-order valence-corrected chi connectivity index (χ0v) is 15.6. The van der Waals surface area contributed by atoms with Crippen molar-refractivity contribution in [2.24, 2.45) is 0 Å². The minimum atomic E-state index is -6.00. The lowest BCUT2D eigenvalue weighted by Gasteiger charge is -2.01. The van der Waals surface area contributed by atoms with E-state index in [0.717, 1.165) is 4.90 Å². The molecule has 0 unspecified atom stereocenters. The molecule has 1 aliphatic rings. The Kier molecular flexibility index (Phi) is 7.41. The summed E-state index contributed by atoms with van der Waals surface area (Å²) in [6.07, 6.45) is 5.25.